The maximum absolute atomic E-state index is 11.2. The molecule has 0 aromatic carbocycles. The molecule has 11 heavy (non-hydrogen) atoms. The van der Waals surface area contributed by atoms with Gasteiger partial charge in [0.05, 0.1) is 0 Å². The van der Waals surface area contributed by atoms with Gasteiger partial charge in [-0.15, -0.1) is 0 Å². The summed E-state index contributed by atoms with van der Waals surface area (Å²) >= 11 is 0. The van der Waals surface area contributed by atoms with E-state index in [1.165, 1.54) is 12.8 Å². The summed E-state index contributed by atoms with van der Waals surface area (Å²) in [6.45, 7) is 4.55. The first kappa shape index (κ1) is 7.33. The Morgan fingerprint density at radius 1 is 1.55 bits per heavy atom. The Labute approximate surface area is 68.2 Å². The Kier molecular flexibility index (Phi) is 1.39. The van der Waals surface area contributed by atoms with E-state index in [-0.39, 0.29) is 0 Å². The molecule has 0 aromatic heterocycles. The van der Waals surface area contributed by atoms with Gasteiger partial charge in [-0.05, 0) is 24.2 Å². The van der Waals surface area contributed by atoms with Crippen molar-refractivity contribution in [2.24, 2.45) is 17.3 Å². The summed E-state index contributed by atoms with van der Waals surface area (Å²) in [5.41, 5.74) is 0.420. The highest BCUT2D eigenvalue weighted by molar-refractivity contribution is 5.89. The lowest BCUT2D eigenvalue weighted by molar-refractivity contribution is -0.147. The molecule has 3 unspecified atom stereocenters. The van der Waals surface area contributed by atoms with Gasteiger partial charge in [0.25, 0.3) is 0 Å². The molecular formula is C10H16O. The van der Waals surface area contributed by atoms with Gasteiger partial charge < -0.3 is 0 Å². The molecule has 1 heteroatoms. The standard InChI is InChI=1S/C10H16O/c1-7-3-4-10(2)6-9(11)8(10)5-7/h7-8H,3-6H2,1-2H3. The van der Waals surface area contributed by atoms with Gasteiger partial charge in [-0.1, -0.05) is 20.3 Å². The van der Waals surface area contributed by atoms with Gasteiger partial charge >= 0.3 is 0 Å². The average molecular weight is 152 g/mol. The molecule has 2 saturated carbocycles. The molecule has 0 N–H and O–H groups in total. The first-order chi connectivity index (χ1) is 5.12. The van der Waals surface area contributed by atoms with E-state index in [4.69, 9.17) is 0 Å². The second kappa shape index (κ2) is 2.09. The van der Waals surface area contributed by atoms with Crippen molar-refractivity contribution in [3.63, 3.8) is 0 Å². The lowest BCUT2D eigenvalue weighted by Gasteiger charge is -2.50. The molecule has 62 valence electrons. The number of carbonyl (C=O) groups is 1. The zero-order valence-electron chi connectivity index (χ0n) is 7.39. The number of ketones is 1. The Morgan fingerprint density at radius 2 is 2.27 bits per heavy atom. The van der Waals surface area contributed by atoms with Gasteiger partial charge in [-0.2, -0.15) is 0 Å². The molecule has 2 fully saturated rings. The number of fused-ring (bicyclic) bond motifs is 1. The first-order valence-electron chi connectivity index (χ1n) is 4.64. The molecule has 0 heterocycles. The SMILES string of the molecule is CC1CCC2(C)CC(=O)C2C1. The molecule has 0 bridgehead atoms. The van der Waals surface area contributed by atoms with Crippen LogP contribution in [-0.4, -0.2) is 5.78 Å². The van der Waals surface area contributed by atoms with E-state index in [0.717, 1.165) is 18.8 Å². The number of hydrogen-bond acceptors (Lipinski definition) is 1. The number of rotatable bonds is 0. The Bertz CT molecular complexity index is 197. The van der Waals surface area contributed by atoms with Gasteiger partial charge in [0, 0.05) is 12.3 Å². The van der Waals surface area contributed by atoms with Gasteiger partial charge in [0.1, 0.15) is 5.78 Å². The highest BCUT2D eigenvalue weighted by atomic mass is 16.1. The van der Waals surface area contributed by atoms with Crippen LogP contribution < -0.4 is 0 Å². The van der Waals surface area contributed by atoms with E-state index in [1.807, 2.05) is 0 Å². The van der Waals surface area contributed by atoms with E-state index in [9.17, 15) is 4.79 Å². The molecule has 2 aliphatic rings. The summed E-state index contributed by atoms with van der Waals surface area (Å²) in [7, 11) is 0. The van der Waals surface area contributed by atoms with Crippen molar-refractivity contribution in [2.75, 3.05) is 0 Å². The van der Waals surface area contributed by atoms with Crippen molar-refractivity contribution >= 4 is 5.78 Å². The lowest BCUT2D eigenvalue weighted by Crippen LogP contribution is -2.49. The van der Waals surface area contributed by atoms with E-state index in [2.05, 4.69) is 13.8 Å². The molecular weight excluding hydrogens is 136 g/mol. The summed E-state index contributed by atoms with van der Waals surface area (Å²) in [6.07, 6.45) is 4.64. The number of Topliss-reactive ketones (excluding diaryl/α,β-unsaturated/α-hetero) is 1. The predicted molar refractivity (Wildman–Crippen MR) is 44.2 cm³/mol. The molecule has 0 spiro atoms. The second-order valence-corrected chi connectivity index (χ2v) is 4.73. The Balaban J connectivity index is 2.11. The Hall–Kier alpha value is -0.330. The highest BCUT2D eigenvalue weighted by Gasteiger charge is 2.51. The maximum Gasteiger partial charge on any atom is 0.137 e. The minimum atomic E-state index is 0.420. The fourth-order valence-corrected chi connectivity index (χ4v) is 2.68. The van der Waals surface area contributed by atoms with Gasteiger partial charge in [0.15, 0.2) is 0 Å². The summed E-state index contributed by atoms with van der Waals surface area (Å²) in [6, 6.07) is 0. The van der Waals surface area contributed by atoms with Crippen LogP contribution in [-0.2, 0) is 4.79 Å². The molecule has 0 amide bonds. The molecule has 0 saturated heterocycles. The summed E-state index contributed by atoms with van der Waals surface area (Å²) in [5.74, 6) is 1.75. The number of carbonyl (C=O) groups excluding carboxylic acids is 1. The predicted octanol–water partition coefficient (Wildman–Crippen LogP) is 2.40. The largest absolute Gasteiger partial charge is 0.299 e. The third kappa shape index (κ3) is 0.935. The topological polar surface area (TPSA) is 17.1 Å². The minimum Gasteiger partial charge on any atom is -0.299 e. The molecule has 2 aliphatic carbocycles. The van der Waals surface area contributed by atoms with Crippen molar-refractivity contribution < 1.29 is 4.79 Å². The van der Waals surface area contributed by atoms with Crippen LogP contribution in [0.1, 0.15) is 39.5 Å². The van der Waals surface area contributed by atoms with Crippen molar-refractivity contribution in [3.8, 4) is 0 Å². The van der Waals surface area contributed by atoms with Crippen LogP contribution in [0, 0.1) is 17.3 Å². The van der Waals surface area contributed by atoms with E-state index in [1.54, 1.807) is 0 Å². The van der Waals surface area contributed by atoms with Crippen molar-refractivity contribution in [2.45, 2.75) is 39.5 Å². The minimum absolute atomic E-state index is 0.420. The smallest absolute Gasteiger partial charge is 0.137 e. The molecule has 0 aromatic rings. The zero-order chi connectivity index (χ0) is 8.06. The maximum atomic E-state index is 11.2. The van der Waals surface area contributed by atoms with E-state index < -0.39 is 0 Å². The van der Waals surface area contributed by atoms with Crippen LogP contribution >= 0.6 is 0 Å². The Morgan fingerprint density at radius 3 is 2.82 bits per heavy atom. The van der Waals surface area contributed by atoms with Crippen LogP contribution in [0.3, 0.4) is 0 Å². The van der Waals surface area contributed by atoms with Crippen LogP contribution in [0.5, 0.6) is 0 Å². The van der Waals surface area contributed by atoms with Crippen molar-refractivity contribution in [1.82, 2.24) is 0 Å². The normalized spacial score (nSPS) is 49.8. The van der Waals surface area contributed by atoms with Gasteiger partial charge in [0.2, 0.25) is 0 Å². The average Bonchev–Trinajstić information content (AvgIpc) is 1.95. The van der Waals surface area contributed by atoms with Crippen LogP contribution in [0.25, 0.3) is 0 Å². The van der Waals surface area contributed by atoms with Gasteiger partial charge in [-0.3, -0.25) is 4.79 Å². The van der Waals surface area contributed by atoms with E-state index >= 15 is 0 Å². The molecule has 0 aliphatic heterocycles. The first-order valence-corrected chi connectivity index (χ1v) is 4.64. The third-order valence-corrected chi connectivity index (χ3v) is 3.65. The van der Waals surface area contributed by atoms with Crippen LogP contribution in [0.4, 0.5) is 0 Å². The molecule has 0 radical (unpaired) electrons. The summed E-state index contributed by atoms with van der Waals surface area (Å²) < 4.78 is 0. The monoisotopic (exact) mass is 152 g/mol. The van der Waals surface area contributed by atoms with E-state index in [0.29, 0.717) is 17.1 Å². The van der Waals surface area contributed by atoms with Crippen LogP contribution in [0.2, 0.25) is 0 Å². The highest BCUT2D eigenvalue weighted by Crippen LogP contribution is 2.53. The van der Waals surface area contributed by atoms with Crippen LogP contribution in [0.15, 0.2) is 0 Å². The second-order valence-electron chi connectivity index (χ2n) is 4.73. The fraction of sp³-hybridized carbons (Fsp3) is 0.900. The van der Waals surface area contributed by atoms with Crippen molar-refractivity contribution in [1.29, 1.82) is 0 Å². The molecule has 3 atom stereocenters. The van der Waals surface area contributed by atoms with Gasteiger partial charge in [-0.25, -0.2) is 0 Å². The molecule has 2 rings (SSSR count). The lowest BCUT2D eigenvalue weighted by atomic mass is 9.52. The summed E-state index contributed by atoms with van der Waals surface area (Å²) in [4.78, 5) is 11.2. The number of hydrogen-bond donors (Lipinski definition) is 0. The summed E-state index contributed by atoms with van der Waals surface area (Å²) in [5, 5.41) is 0. The fourth-order valence-electron chi connectivity index (χ4n) is 2.68. The quantitative estimate of drug-likeness (QED) is 0.521. The third-order valence-electron chi connectivity index (χ3n) is 3.65. The zero-order valence-corrected chi connectivity index (χ0v) is 7.39. The van der Waals surface area contributed by atoms with Crippen molar-refractivity contribution in [3.05, 3.63) is 0 Å². The molecule has 1 nitrogen and oxygen atoms in total.